The summed E-state index contributed by atoms with van der Waals surface area (Å²) in [6, 6.07) is 22.7. The van der Waals surface area contributed by atoms with Crippen molar-refractivity contribution >= 4 is 23.1 Å². The van der Waals surface area contributed by atoms with E-state index in [9.17, 15) is 9.59 Å². The molecular weight excluding hydrogens is 388 g/mol. The van der Waals surface area contributed by atoms with Gasteiger partial charge in [-0.3, -0.25) is 14.5 Å². The van der Waals surface area contributed by atoms with Crippen molar-refractivity contribution in [2.24, 2.45) is 0 Å². The van der Waals surface area contributed by atoms with E-state index in [2.05, 4.69) is 5.32 Å². The lowest BCUT2D eigenvalue weighted by Gasteiger charge is -2.15. The maximum Gasteiger partial charge on any atom is 0.278 e. The summed E-state index contributed by atoms with van der Waals surface area (Å²) in [6.07, 6.45) is 0. The second-order valence-electron chi connectivity index (χ2n) is 7.61. The third kappa shape index (κ3) is 4.08. The van der Waals surface area contributed by atoms with Crippen molar-refractivity contribution in [2.75, 3.05) is 12.4 Å². The third-order valence-electron chi connectivity index (χ3n) is 5.34. The zero-order chi connectivity index (χ0) is 22.0. The van der Waals surface area contributed by atoms with Crippen LogP contribution in [0.1, 0.15) is 22.3 Å². The molecule has 0 fully saturated rings. The highest BCUT2D eigenvalue weighted by atomic mass is 16.5. The Morgan fingerprint density at radius 3 is 2.35 bits per heavy atom. The summed E-state index contributed by atoms with van der Waals surface area (Å²) in [5, 5.41) is 3.19. The highest BCUT2D eigenvalue weighted by Crippen LogP contribution is 2.33. The summed E-state index contributed by atoms with van der Waals surface area (Å²) in [5.74, 6) is 0.0226. The topological polar surface area (TPSA) is 58.6 Å². The lowest BCUT2D eigenvalue weighted by atomic mass is 9.97. The molecule has 5 heteroatoms. The van der Waals surface area contributed by atoms with E-state index >= 15 is 0 Å². The van der Waals surface area contributed by atoms with Gasteiger partial charge < -0.3 is 10.1 Å². The van der Waals surface area contributed by atoms with Crippen LogP contribution in [0.15, 0.2) is 78.5 Å². The molecule has 0 unspecified atom stereocenters. The number of ether oxygens (including phenoxy) is 1. The Labute approximate surface area is 182 Å². The number of benzene rings is 3. The zero-order valence-corrected chi connectivity index (χ0v) is 17.8. The van der Waals surface area contributed by atoms with Crippen molar-refractivity contribution in [2.45, 2.75) is 20.4 Å². The van der Waals surface area contributed by atoms with E-state index in [1.54, 1.807) is 13.2 Å². The Hall–Kier alpha value is -3.86. The molecule has 1 heterocycles. The quantitative estimate of drug-likeness (QED) is 0.596. The maximum atomic E-state index is 13.5. The molecule has 3 aromatic rings. The second kappa shape index (κ2) is 8.48. The molecule has 0 saturated heterocycles. The maximum absolute atomic E-state index is 13.5. The number of nitrogens with zero attached hydrogens (tertiary/aromatic N) is 1. The Kier molecular flexibility index (Phi) is 5.58. The van der Waals surface area contributed by atoms with Crippen LogP contribution >= 0.6 is 0 Å². The van der Waals surface area contributed by atoms with Gasteiger partial charge in [0.15, 0.2) is 0 Å². The van der Waals surface area contributed by atoms with Gasteiger partial charge in [0.25, 0.3) is 11.8 Å². The van der Waals surface area contributed by atoms with Gasteiger partial charge in [-0.15, -0.1) is 0 Å². The number of anilines is 1. The summed E-state index contributed by atoms with van der Waals surface area (Å²) >= 11 is 0. The van der Waals surface area contributed by atoms with Gasteiger partial charge in [-0.1, -0.05) is 60.2 Å². The van der Waals surface area contributed by atoms with E-state index < -0.39 is 0 Å². The van der Waals surface area contributed by atoms with Gasteiger partial charge in [0.2, 0.25) is 0 Å². The lowest BCUT2D eigenvalue weighted by molar-refractivity contribution is -0.137. The molecule has 0 spiro atoms. The highest BCUT2D eigenvalue weighted by molar-refractivity contribution is 6.36. The molecule has 0 radical (unpaired) electrons. The van der Waals surface area contributed by atoms with E-state index in [0.717, 1.165) is 22.3 Å². The van der Waals surface area contributed by atoms with Crippen LogP contribution in [0.5, 0.6) is 5.75 Å². The lowest BCUT2D eigenvalue weighted by Crippen LogP contribution is -2.32. The molecule has 1 aliphatic rings. The summed E-state index contributed by atoms with van der Waals surface area (Å²) in [6.45, 7) is 4.18. The minimum absolute atomic E-state index is 0.218. The van der Waals surface area contributed by atoms with Gasteiger partial charge in [-0.25, -0.2) is 0 Å². The molecule has 0 aliphatic carbocycles. The van der Waals surface area contributed by atoms with Gasteiger partial charge in [0.1, 0.15) is 11.4 Å². The van der Waals surface area contributed by atoms with Gasteiger partial charge in [-0.05, 0) is 42.7 Å². The molecule has 0 aromatic heterocycles. The third-order valence-corrected chi connectivity index (χ3v) is 5.34. The summed E-state index contributed by atoms with van der Waals surface area (Å²) in [7, 11) is 1.59. The first-order valence-electron chi connectivity index (χ1n) is 10.1. The Morgan fingerprint density at radius 1 is 0.871 bits per heavy atom. The SMILES string of the molecule is COc1cccc(NC2=C(c3ccc(C)cc3C)C(=O)N(Cc3ccccc3)C2=O)c1. The molecule has 0 saturated carbocycles. The predicted octanol–water partition coefficient (Wildman–Crippen LogP) is 4.70. The van der Waals surface area contributed by atoms with E-state index in [-0.39, 0.29) is 24.1 Å². The number of hydrogen-bond donors (Lipinski definition) is 1. The van der Waals surface area contributed by atoms with E-state index in [1.165, 1.54) is 4.90 Å². The zero-order valence-electron chi connectivity index (χ0n) is 17.8. The van der Waals surface area contributed by atoms with Crippen molar-refractivity contribution in [1.29, 1.82) is 0 Å². The Balaban J connectivity index is 1.78. The van der Waals surface area contributed by atoms with Crippen LogP contribution in [0.3, 0.4) is 0 Å². The van der Waals surface area contributed by atoms with Gasteiger partial charge in [0, 0.05) is 11.8 Å². The molecule has 3 aromatic carbocycles. The van der Waals surface area contributed by atoms with Gasteiger partial charge >= 0.3 is 0 Å². The molecule has 1 aliphatic heterocycles. The summed E-state index contributed by atoms with van der Waals surface area (Å²) in [5.41, 5.74) is 5.04. The second-order valence-corrected chi connectivity index (χ2v) is 7.61. The molecule has 0 bridgehead atoms. The van der Waals surface area contributed by atoms with Crippen molar-refractivity contribution in [3.05, 3.63) is 101 Å². The van der Waals surface area contributed by atoms with Crippen LogP contribution < -0.4 is 10.1 Å². The van der Waals surface area contributed by atoms with Crippen molar-refractivity contribution < 1.29 is 14.3 Å². The number of carbonyl (C=O) groups excluding carboxylic acids is 2. The van der Waals surface area contributed by atoms with Crippen molar-refractivity contribution in [1.82, 2.24) is 4.90 Å². The van der Waals surface area contributed by atoms with Crippen LogP contribution in [0, 0.1) is 13.8 Å². The summed E-state index contributed by atoms with van der Waals surface area (Å²) < 4.78 is 5.29. The first-order chi connectivity index (χ1) is 15.0. The van der Waals surface area contributed by atoms with E-state index in [1.807, 2.05) is 80.6 Å². The van der Waals surface area contributed by atoms with Crippen molar-refractivity contribution in [3.63, 3.8) is 0 Å². The Bertz CT molecular complexity index is 1180. The van der Waals surface area contributed by atoms with Crippen LogP contribution in [-0.4, -0.2) is 23.8 Å². The number of methoxy groups -OCH3 is 1. The minimum atomic E-state index is -0.341. The number of amides is 2. The minimum Gasteiger partial charge on any atom is -0.497 e. The van der Waals surface area contributed by atoms with E-state index in [0.29, 0.717) is 17.0 Å². The number of imide groups is 1. The average molecular weight is 412 g/mol. The molecular formula is C26H24N2O3. The van der Waals surface area contributed by atoms with Crippen LogP contribution in [-0.2, 0) is 16.1 Å². The molecule has 4 rings (SSSR count). The van der Waals surface area contributed by atoms with E-state index in [4.69, 9.17) is 4.74 Å². The Morgan fingerprint density at radius 2 is 1.65 bits per heavy atom. The molecule has 156 valence electrons. The summed E-state index contributed by atoms with van der Waals surface area (Å²) in [4.78, 5) is 28.2. The number of aryl methyl sites for hydroxylation is 2. The van der Waals surface area contributed by atoms with Crippen LogP contribution in [0.4, 0.5) is 5.69 Å². The molecule has 0 atom stereocenters. The molecule has 31 heavy (non-hydrogen) atoms. The fourth-order valence-electron chi connectivity index (χ4n) is 3.79. The van der Waals surface area contributed by atoms with Crippen molar-refractivity contribution in [3.8, 4) is 5.75 Å². The smallest absolute Gasteiger partial charge is 0.278 e. The van der Waals surface area contributed by atoms with Gasteiger partial charge in [0.05, 0.1) is 19.2 Å². The molecule has 2 amide bonds. The first-order valence-corrected chi connectivity index (χ1v) is 10.1. The van der Waals surface area contributed by atoms with Gasteiger partial charge in [-0.2, -0.15) is 0 Å². The standard InChI is InChI=1S/C26H24N2O3/c1-17-12-13-22(18(2)14-17)23-24(27-20-10-7-11-21(15-20)31-3)26(30)28(25(23)29)16-19-8-5-4-6-9-19/h4-15,27H,16H2,1-3H3. The number of nitrogens with one attached hydrogen (secondary N) is 1. The fourth-order valence-corrected chi connectivity index (χ4v) is 3.79. The molecule has 5 nitrogen and oxygen atoms in total. The number of carbonyl (C=O) groups is 2. The normalized spacial score (nSPS) is 13.7. The largest absolute Gasteiger partial charge is 0.497 e. The van der Waals surface area contributed by atoms with Crippen LogP contribution in [0.25, 0.3) is 5.57 Å². The number of rotatable bonds is 6. The first kappa shape index (κ1) is 20.4. The number of hydrogen-bond acceptors (Lipinski definition) is 4. The fraction of sp³-hybridized carbons (Fsp3) is 0.154. The monoisotopic (exact) mass is 412 g/mol. The molecule has 1 N–H and O–H groups in total. The van der Waals surface area contributed by atoms with Crippen LogP contribution in [0.2, 0.25) is 0 Å². The average Bonchev–Trinajstić information content (AvgIpc) is 2.99. The highest BCUT2D eigenvalue weighted by Gasteiger charge is 2.39. The predicted molar refractivity (Wildman–Crippen MR) is 121 cm³/mol.